The predicted octanol–water partition coefficient (Wildman–Crippen LogP) is 7.41. The molecule has 0 spiro atoms. The van der Waals surface area contributed by atoms with Gasteiger partial charge in [0.1, 0.15) is 12.2 Å². The Kier molecular flexibility index (Phi) is 9.38. The van der Waals surface area contributed by atoms with Crippen molar-refractivity contribution in [2.45, 2.75) is 136 Å². The fourth-order valence-electron chi connectivity index (χ4n) is 8.90. The number of hydrogen-bond donors (Lipinski definition) is 1. The third kappa shape index (κ3) is 5.89. The van der Waals surface area contributed by atoms with Gasteiger partial charge in [0.15, 0.2) is 0 Å². The van der Waals surface area contributed by atoms with Crippen LogP contribution in [0.2, 0.25) is 0 Å². The molecule has 220 valence electrons. The van der Waals surface area contributed by atoms with E-state index in [0.717, 1.165) is 44.3 Å². The Morgan fingerprint density at radius 1 is 1.08 bits per heavy atom. The van der Waals surface area contributed by atoms with Crippen molar-refractivity contribution in [3.63, 3.8) is 0 Å². The molecule has 0 amide bonds. The number of carbonyl (C=O) groups is 2. The zero-order chi connectivity index (χ0) is 28.6. The number of hydrogen-bond acceptors (Lipinski definition) is 6. The molecule has 39 heavy (non-hydrogen) atoms. The lowest BCUT2D eigenvalue weighted by Crippen LogP contribution is -2.54. The fourth-order valence-corrected chi connectivity index (χ4v) is 10.3. The first-order chi connectivity index (χ1) is 18.4. The summed E-state index contributed by atoms with van der Waals surface area (Å²) in [6.45, 7) is 14.4. The van der Waals surface area contributed by atoms with Gasteiger partial charge in [-0.05, 0) is 80.3 Å². The van der Waals surface area contributed by atoms with Crippen molar-refractivity contribution in [3.8, 4) is 0 Å². The van der Waals surface area contributed by atoms with E-state index in [1.807, 2.05) is 0 Å². The molecule has 4 rings (SSSR count). The minimum Gasteiger partial charge on any atom is -0.462 e. The number of esters is 2. The summed E-state index contributed by atoms with van der Waals surface area (Å²) in [4.78, 5) is 23.9. The zero-order valence-corrected chi connectivity index (χ0v) is 26.2. The molecule has 0 unspecified atom stereocenters. The summed E-state index contributed by atoms with van der Waals surface area (Å²) < 4.78 is 11.6. The maximum absolute atomic E-state index is 12.2. The summed E-state index contributed by atoms with van der Waals surface area (Å²) >= 11 is 2.11. The number of rotatable bonds is 10. The van der Waals surface area contributed by atoms with Crippen LogP contribution in [-0.4, -0.2) is 45.9 Å². The highest BCUT2D eigenvalue weighted by atomic mass is 32.2. The Morgan fingerprint density at radius 3 is 2.41 bits per heavy atom. The largest absolute Gasteiger partial charge is 0.462 e. The molecule has 4 aliphatic carbocycles. The molecule has 1 N–H and O–H groups in total. The van der Waals surface area contributed by atoms with Crippen molar-refractivity contribution in [2.75, 3.05) is 5.75 Å². The van der Waals surface area contributed by atoms with Gasteiger partial charge in [-0.1, -0.05) is 57.9 Å². The Labute approximate surface area is 240 Å². The number of thioether (sulfide) groups is 1. The van der Waals surface area contributed by atoms with Crippen LogP contribution in [0.25, 0.3) is 0 Å². The molecule has 8 atom stereocenters. The lowest BCUT2D eigenvalue weighted by atomic mass is 9.49. The molecule has 0 radical (unpaired) electrons. The van der Waals surface area contributed by atoms with Gasteiger partial charge in [0.05, 0.1) is 5.60 Å². The highest BCUT2D eigenvalue weighted by molar-refractivity contribution is 7.99. The predicted molar refractivity (Wildman–Crippen MR) is 158 cm³/mol. The summed E-state index contributed by atoms with van der Waals surface area (Å²) in [7, 11) is 0. The Hall–Kier alpha value is -1.27. The van der Waals surface area contributed by atoms with Crippen LogP contribution in [0.1, 0.15) is 113 Å². The van der Waals surface area contributed by atoms with Gasteiger partial charge < -0.3 is 14.6 Å². The molecule has 3 fully saturated rings. The second-order valence-corrected chi connectivity index (χ2v) is 14.8. The van der Waals surface area contributed by atoms with E-state index < -0.39 is 5.60 Å². The molecule has 0 aromatic heterocycles. The quantitative estimate of drug-likeness (QED) is 0.222. The summed E-state index contributed by atoms with van der Waals surface area (Å²) in [5, 5.41) is 11.3. The summed E-state index contributed by atoms with van der Waals surface area (Å²) in [5.74, 6) is 2.19. The van der Waals surface area contributed by atoms with Crippen LogP contribution in [-0.2, 0) is 19.1 Å². The Morgan fingerprint density at radius 2 is 1.77 bits per heavy atom. The van der Waals surface area contributed by atoms with Crippen molar-refractivity contribution >= 4 is 23.7 Å². The van der Waals surface area contributed by atoms with Gasteiger partial charge in [0.25, 0.3) is 0 Å². The van der Waals surface area contributed by atoms with E-state index in [2.05, 4.69) is 58.5 Å². The molecular formula is C33H52O5S. The Bertz CT molecular complexity index is 983. The first kappa shape index (κ1) is 30.7. The topological polar surface area (TPSA) is 72.8 Å². The maximum Gasteiger partial charge on any atom is 0.302 e. The molecule has 3 saturated carbocycles. The van der Waals surface area contributed by atoms with Crippen LogP contribution in [0.15, 0.2) is 23.3 Å². The van der Waals surface area contributed by atoms with E-state index in [0.29, 0.717) is 29.4 Å². The molecule has 4 aliphatic rings. The third-order valence-electron chi connectivity index (χ3n) is 11.4. The average molecular weight is 561 g/mol. The van der Waals surface area contributed by atoms with Gasteiger partial charge in [0.2, 0.25) is 0 Å². The lowest BCUT2D eigenvalue weighted by molar-refractivity contribution is -0.165. The number of fused-ring (bicyclic) bond motifs is 5. The monoisotopic (exact) mass is 560 g/mol. The molecule has 6 heteroatoms. The van der Waals surface area contributed by atoms with Crippen LogP contribution in [0.4, 0.5) is 0 Å². The van der Waals surface area contributed by atoms with Gasteiger partial charge >= 0.3 is 11.9 Å². The molecule has 0 bridgehead atoms. The minimum absolute atomic E-state index is 0.241. The third-order valence-corrected chi connectivity index (χ3v) is 12.7. The minimum atomic E-state index is -0.496. The van der Waals surface area contributed by atoms with E-state index in [1.165, 1.54) is 38.7 Å². The smallest absolute Gasteiger partial charge is 0.302 e. The van der Waals surface area contributed by atoms with Crippen LogP contribution in [0.3, 0.4) is 0 Å². The highest BCUT2D eigenvalue weighted by Crippen LogP contribution is 2.66. The molecule has 0 aliphatic heterocycles. The van der Waals surface area contributed by atoms with Crippen LogP contribution in [0, 0.1) is 28.6 Å². The molecule has 0 aromatic carbocycles. The number of allylic oxidation sites excluding steroid dienone is 3. The van der Waals surface area contributed by atoms with Crippen LogP contribution in [0.5, 0.6) is 0 Å². The summed E-state index contributed by atoms with van der Waals surface area (Å²) in [6.07, 6.45) is 13.9. The summed E-state index contributed by atoms with van der Waals surface area (Å²) in [5.41, 5.74) is 2.37. The average Bonchev–Trinajstić information content (AvgIpc) is 3.24. The fraction of sp³-hybridized carbons (Fsp3) is 0.818. The van der Waals surface area contributed by atoms with E-state index in [4.69, 9.17) is 9.47 Å². The maximum atomic E-state index is 12.2. The van der Waals surface area contributed by atoms with Crippen LogP contribution >= 0.6 is 11.8 Å². The summed E-state index contributed by atoms with van der Waals surface area (Å²) in [6, 6.07) is 0. The second-order valence-electron chi connectivity index (χ2n) is 13.4. The first-order valence-electron chi connectivity index (χ1n) is 15.5. The van der Waals surface area contributed by atoms with Crippen molar-refractivity contribution < 1.29 is 24.2 Å². The molecule has 5 nitrogen and oxygen atoms in total. The van der Waals surface area contributed by atoms with Gasteiger partial charge in [-0.2, -0.15) is 11.8 Å². The van der Waals surface area contributed by atoms with E-state index in [9.17, 15) is 14.7 Å². The van der Waals surface area contributed by atoms with Gasteiger partial charge in [-0.15, -0.1) is 0 Å². The van der Waals surface area contributed by atoms with Gasteiger partial charge in [-0.25, -0.2) is 0 Å². The van der Waals surface area contributed by atoms with E-state index in [-0.39, 0.29) is 35.0 Å². The normalized spacial score (nSPS) is 36.6. The highest BCUT2D eigenvalue weighted by Gasteiger charge is 2.60. The first-order valence-corrected chi connectivity index (χ1v) is 16.5. The van der Waals surface area contributed by atoms with Gasteiger partial charge in [-0.3, -0.25) is 9.59 Å². The number of ether oxygens (including phenoxy) is 2. The standard InChI is InChI=1S/C33H52O5S/c1-8-33(36,9-2)16-10-18-39-21(3)27-13-14-28-26-12-11-24-19-25(37-22(4)34)20-30(38-23(5)35)32(24,7)29(26)15-17-31(27,28)6/h11-12,21,25,27-30,36H,8-10,13-20H2,1-7H3/t21-,25-,27-,28+,29+,30+,31-,32+/m1/s1. The van der Waals surface area contributed by atoms with E-state index in [1.54, 1.807) is 5.57 Å². The Balaban J connectivity index is 1.50. The molecule has 0 saturated heterocycles. The number of aliphatic hydroxyl groups is 1. The van der Waals surface area contributed by atoms with E-state index >= 15 is 0 Å². The van der Waals surface area contributed by atoms with Crippen molar-refractivity contribution in [2.24, 2.45) is 28.6 Å². The molecular weight excluding hydrogens is 508 g/mol. The SMILES string of the molecule is CCC(O)(CC)CCCS[C@H](C)[C@H]1CC[C@H]2C3=CC=C4C[C@@H](OC(C)=O)C[C@H](OC(C)=O)[C@]4(C)[C@H]3CC[C@]12C. The lowest BCUT2D eigenvalue weighted by Gasteiger charge is -2.57. The second kappa shape index (κ2) is 11.9. The van der Waals surface area contributed by atoms with Crippen LogP contribution < -0.4 is 0 Å². The zero-order valence-electron chi connectivity index (χ0n) is 25.4. The molecule has 0 aromatic rings. The van der Waals surface area contributed by atoms with Crippen molar-refractivity contribution in [1.82, 2.24) is 0 Å². The van der Waals surface area contributed by atoms with Crippen molar-refractivity contribution in [1.29, 1.82) is 0 Å². The number of carbonyl (C=O) groups excluding carboxylic acids is 2. The molecule has 0 heterocycles. The van der Waals surface area contributed by atoms with Crippen molar-refractivity contribution in [3.05, 3.63) is 23.3 Å². The van der Waals surface area contributed by atoms with Gasteiger partial charge in [0, 0.05) is 37.4 Å².